The molecule has 1 heterocycles. The number of phenolic OH excluding ortho intramolecular Hbond substituents is 1. The minimum atomic E-state index is 0.191. The first-order valence-electron chi connectivity index (χ1n) is 8.32. The predicted octanol–water partition coefficient (Wildman–Crippen LogP) is 5.25. The van der Waals surface area contributed by atoms with Gasteiger partial charge in [-0.15, -0.1) is 0 Å². The van der Waals surface area contributed by atoms with Crippen LogP contribution in [-0.2, 0) is 0 Å². The first-order chi connectivity index (χ1) is 12.8. The van der Waals surface area contributed by atoms with Gasteiger partial charge in [-0.2, -0.15) is 0 Å². The van der Waals surface area contributed by atoms with Crippen molar-refractivity contribution in [2.45, 2.75) is 0 Å². The standard InChI is InChI=1S/C22H17N3O/c26-19-12-13-21-20(14-19)22(24-15-23-21)25-18-10-8-17(9-11-18)7-6-16-4-2-1-3-5-16/h1-15,26H,(H,23,24,25)/b7-6+. The molecule has 0 radical (unpaired) electrons. The van der Waals surface area contributed by atoms with Crippen LogP contribution in [0.1, 0.15) is 11.1 Å². The molecule has 0 unspecified atom stereocenters. The van der Waals surface area contributed by atoms with Gasteiger partial charge in [0.05, 0.1) is 5.52 Å². The third-order valence-corrected chi connectivity index (χ3v) is 4.06. The fourth-order valence-corrected chi connectivity index (χ4v) is 2.72. The monoisotopic (exact) mass is 339 g/mol. The van der Waals surface area contributed by atoms with Gasteiger partial charge < -0.3 is 10.4 Å². The SMILES string of the molecule is Oc1ccc2ncnc(Nc3ccc(/C=C/c4ccccc4)cc3)c2c1. The molecule has 26 heavy (non-hydrogen) atoms. The summed E-state index contributed by atoms with van der Waals surface area (Å²) >= 11 is 0. The van der Waals surface area contributed by atoms with E-state index in [1.54, 1.807) is 18.2 Å². The first kappa shape index (κ1) is 15.8. The molecule has 0 aliphatic carbocycles. The normalized spacial score (nSPS) is 11.1. The molecule has 4 nitrogen and oxygen atoms in total. The van der Waals surface area contributed by atoms with Crippen molar-refractivity contribution in [1.82, 2.24) is 9.97 Å². The average Bonchev–Trinajstić information content (AvgIpc) is 2.69. The number of phenols is 1. The maximum atomic E-state index is 9.72. The van der Waals surface area contributed by atoms with Gasteiger partial charge in [-0.25, -0.2) is 9.97 Å². The summed E-state index contributed by atoms with van der Waals surface area (Å²) in [6.07, 6.45) is 5.68. The van der Waals surface area contributed by atoms with Gasteiger partial charge in [0.25, 0.3) is 0 Å². The molecule has 4 rings (SSSR count). The third-order valence-electron chi connectivity index (χ3n) is 4.06. The topological polar surface area (TPSA) is 58.0 Å². The minimum Gasteiger partial charge on any atom is -0.508 e. The van der Waals surface area contributed by atoms with Crippen LogP contribution < -0.4 is 5.32 Å². The smallest absolute Gasteiger partial charge is 0.141 e. The highest BCUT2D eigenvalue weighted by atomic mass is 16.3. The number of hydrogen-bond donors (Lipinski definition) is 2. The predicted molar refractivity (Wildman–Crippen MR) is 106 cm³/mol. The van der Waals surface area contributed by atoms with Crippen molar-refractivity contribution in [3.63, 3.8) is 0 Å². The maximum Gasteiger partial charge on any atom is 0.141 e. The zero-order chi connectivity index (χ0) is 17.8. The lowest BCUT2D eigenvalue weighted by Gasteiger charge is -2.09. The lowest BCUT2D eigenvalue weighted by atomic mass is 10.1. The molecule has 0 bridgehead atoms. The summed E-state index contributed by atoms with van der Waals surface area (Å²) in [5, 5.41) is 13.8. The molecule has 0 aliphatic heterocycles. The number of rotatable bonds is 4. The number of aromatic hydroxyl groups is 1. The Hall–Kier alpha value is -3.66. The van der Waals surface area contributed by atoms with E-state index in [1.807, 2.05) is 42.5 Å². The second-order valence-corrected chi connectivity index (χ2v) is 5.91. The van der Waals surface area contributed by atoms with Crippen LogP contribution in [0.15, 0.2) is 79.1 Å². The summed E-state index contributed by atoms with van der Waals surface area (Å²) < 4.78 is 0. The molecule has 0 aliphatic rings. The fourth-order valence-electron chi connectivity index (χ4n) is 2.72. The Morgan fingerprint density at radius 3 is 2.27 bits per heavy atom. The molecule has 0 spiro atoms. The van der Waals surface area contributed by atoms with E-state index in [0.717, 1.165) is 22.2 Å². The molecule has 2 N–H and O–H groups in total. The number of anilines is 2. The molecule has 0 amide bonds. The molecule has 0 atom stereocenters. The van der Waals surface area contributed by atoms with Crippen LogP contribution in [0.3, 0.4) is 0 Å². The largest absolute Gasteiger partial charge is 0.508 e. The number of fused-ring (bicyclic) bond motifs is 1. The number of hydrogen-bond acceptors (Lipinski definition) is 4. The van der Waals surface area contributed by atoms with Crippen LogP contribution in [-0.4, -0.2) is 15.1 Å². The van der Waals surface area contributed by atoms with E-state index >= 15 is 0 Å². The average molecular weight is 339 g/mol. The van der Waals surface area contributed by atoms with Crippen LogP contribution >= 0.6 is 0 Å². The van der Waals surface area contributed by atoms with Crippen molar-refractivity contribution in [2.24, 2.45) is 0 Å². The number of nitrogens with one attached hydrogen (secondary N) is 1. The summed E-state index contributed by atoms with van der Waals surface area (Å²) in [6.45, 7) is 0. The number of nitrogens with zero attached hydrogens (tertiary/aromatic N) is 2. The molecular weight excluding hydrogens is 322 g/mol. The molecule has 0 fully saturated rings. The van der Waals surface area contributed by atoms with E-state index in [4.69, 9.17) is 0 Å². The Bertz CT molecular complexity index is 1060. The highest BCUT2D eigenvalue weighted by molar-refractivity contribution is 5.91. The summed E-state index contributed by atoms with van der Waals surface area (Å²) in [6, 6.07) is 23.3. The molecular formula is C22H17N3O. The lowest BCUT2D eigenvalue weighted by Crippen LogP contribution is -1.95. The Balaban J connectivity index is 1.55. The van der Waals surface area contributed by atoms with Crippen LogP contribution in [0, 0.1) is 0 Å². The van der Waals surface area contributed by atoms with E-state index in [2.05, 4.69) is 39.6 Å². The molecule has 3 aromatic carbocycles. The van der Waals surface area contributed by atoms with Gasteiger partial charge >= 0.3 is 0 Å². The molecule has 0 saturated carbocycles. The Kier molecular flexibility index (Phi) is 4.31. The van der Waals surface area contributed by atoms with Crippen LogP contribution in [0.2, 0.25) is 0 Å². The first-order valence-corrected chi connectivity index (χ1v) is 8.32. The van der Waals surface area contributed by atoms with E-state index < -0.39 is 0 Å². The van der Waals surface area contributed by atoms with Gasteiger partial charge in [-0.3, -0.25) is 0 Å². The highest BCUT2D eigenvalue weighted by Crippen LogP contribution is 2.26. The van der Waals surface area contributed by atoms with Crippen molar-refractivity contribution in [1.29, 1.82) is 0 Å². The Labute approximate surface area is 151 Å². The number of benzene rings is 3. The van der Waals surface area contributed by atoms with Crippen LogP contribution in [0.25, 0.3) is 23.1 Å². The third kappa shape index (κ3) is 3.54. The van der Waals surface area contributed by atoms with Crippen LogP contribution in [0.5, 0.6) is 5.75 Å². The van der Waals surface area contributed by atoms with E-state index in [-0.39, 0.29) is 5.75 Å². The van der Waals surface area contributed by atoms with Crippen LogP contribution in [0.4, 0.5) is 11.5 Å². The van der Waals surface area contributed by atoms with E-state index in [0.29, 0.717) is 5.82 Å². The zero-order valence-corrected chi connectivity index (χ0v) is 14.0. The van der Waals surface area contributed by atoms with E-state index in [1.165, 1.54) is 11.9 Å². The molecule has 0 saturated heterocycles. The van der Waals surface area contributed by atoms with Gasteiger partial charge in [0.1, 0.15) is 17.9 Å². The Morgan fingerprint density at radius 2 is 1.50 bits per heavy atom. The molecule has 1 aromatic heterocycles. The van der Waals surface area contributed by atoms with Crippen molar-refractivity contribution < 1.29 is 5.11 Å². The van der Waals surface area contributed by atoms with Gasteiger partial charge in [-0.1, -0.05) is 54.6 Å². The Morgan fingerprint density at radius 1 is 0.769 bits per heavy atom. The van der Waals surface area contributed by atoms with Gasteiger partial charge in [0.15, 0.2) is 0 Å². The van der Waals surface area contributed by atoms with Crippen molar-refractivity contribution in [3.8, 4) is 5.75 Å². The summed E-state index contributed by atoms with van der Waals surface area (Å²) in [7, 11) is 0. The number of aromatic nitrogens is 2. The van der Waals surface area contributed by atoms with Gasteiger partial charge in [-0.05, 0) is 41.5 Å². The van der Waals surface area contributed by atoms with Crippen molar-refractivity contribution in [3.05, 3.63) is 90.3 Å². The molecule has 126 valence electrons. The van der Waals surface area contributed by atoms with Gasteiger partial charge in [0, 0.05) is 11.1 Å². The zero-order valence-electron chi connectivity index (χ0n) is 14.0. The second kappa shape index (κ2) is 7.07. The summed E-state index contributed by atoms with van der Waals surface area (Å²) in [5.74, 6) is 0.857. The van der Waals surface area contributed by atoms with Crippen molar-refractivity contribution >= 4 is 34.6 Å². The van der Waals surface area contributed by atoms with Gasteiger partial charge in [0.2, 0.25) is 0 Å². The molecule has 4 aromatic rings. The maximum absolute atomic E-state index is 9.72. The quantitative estimate of drug-likeness (QED) is 0.499. The lowest BCUT2D eigenvalue weighted by molar-refractivity contribution is 0.476. The van der Waals surface area contributed by atoms with Crippen molar-refractivity contribution in [2.75, 3.05) is 5.32 Å². The van der Waals surface area contributed by atoms with E-state index in [9.17, 15) is 5.11 Å². The molecule has 4 heteroatoms. The highest BCUT2D eigenvalue weighted by Gasteiger charge is 2.05. The summed E-state index contributed by atoms with van der Waals surface area (Å²) in [5.41, 5.74) is 3.99. The minimum absolute atomic E-state index is 0.191. The second-order valence-electron chi connectivity index (χ2n) is 5.91. The summed E-state index contributed by atoms with van der Waals surface area (Å²) in [4.78, 5) is 8.51. The fraction of sp³-hybridized carbons (Fsp3) is 0.